The number of hydrogen-bond acceptors (Lipinski definition) is 3. The average Bonchev–Trinajstić information content (AvgIpc) is 2.11. The maximum atomic E-state index is 11.7. The predicted octanol–water partition coefficient (Wildman–Crippen LogP) is 1.32. The molecule has 0 aliphatic rings. The largest absolute Gasteiger partial charge is 0.385 e. The molecule has 4 nitrogen and oxygen atoms in total. The summed E-state index contributed by atoms with van der Waals surface area (Å²) in [4.78, 5) is 11.7. The minimum Gasteiger partial charge on any atom is -0.385 e. The van der Waals surface area contributed by atoms with Gasteiger partial charge in [0.15, 0.2) is 0 Å². The normalized spacial score (nSPS) is 14.9. The topological polar surface area (TPSA) is 64.3 Å². The Kier molecular flexibility index (Phi) is 8.88. The van der Waals surface area contributed by atoms with Crippen LogP contribution in [0.5, 0.6) is 0 Å². The molecular formula is C11H25ClN2O2. The molecule has 16 heavy (non-hydrogen) atoms. The Labute approximate surface area is 105 Å². The molecule has 0 aromatic carbocycles. The van der Waals surface area contributed by atoms with Crippen LogP contribution < -0.4 is 11.1 Å². The minimum atomic E-state index is -0.470. The highest BCUT2D eigenvalue weighted by molar-refractivity contribution is 5.85. The zero-order chi connectivity index (χ0) is 12.1. The van der Waals surface area contributed by atoms with E-state index >= 15 is 0 Å². The van der Waals surface area contributed by atoms with Crippen molar-refractivity contribution in [1.82, 2.24) is 5.32 Å². The maximum Gasteiger partial charge on any atom is 0.237 e. The highest BCUT2D eigenvalue weighted by atomic mass is 35.5. The van der Waals surface area contributed by atoms with Gasteiger partial charge >= 0.3 is 0 Å². The van der Waals surface area contributed by atoms with E-state index in [0.717, 1.165) is 6.42 Å². The first-order chi connectivity index (χ1) is 6.79. The Bertz CT molecular complexity index is 205. The lowest BCUT2D eigenvalue weighted by molar-refractivity contribution is -0.125. The number of nitrogens with two attached hydrogens (primary N) is 1. The quantitative estimate of drug-likeness (QED) is 0.776. The summed E-state index contributed by atoms with van der Waals surface area (Å²) in [6, 6.07) is -0.367. The van der Waals surface area contributed by atoms with Crippen LogP contribution in [0.25, 0.3) is 0 Å². The highest BCUT2D eigenvalue weighted by Gasteiger charge is 2.27. The van der Waals surface area contributed by atoms with Gasteiger partial charge in [0, 0.05) is 19.8 Å². The summed E-state index contributed by atoms with van der Waals surface area (Å²) in [5, 5.41) is 2.88. The number of carbonyl (C=O) groups is 1. The SMILES string of the molecule is COCCC(C)NC(=O)[C@@H](N)C(C)(C)C.Cl. The summed E-state index contributed by atoms with van der Waals surface area (Å²) in [5.41, 5.74) is 5.62. The smallest absolute Gasteiger partial charge is 0.237 e. The predicted molar refractivity (Wildman–Crippen MR) is 68.8 cm³/mol. The Morgan fingerprint density at radius 3 is 2.31 bits per heavy atom. The third kappa shape index (κ3) is 7.04. The van der Waals surface area contributed by atoms with Crippen LogP contribution in [0.15, 0.2) is 0 Å². The van der Waals surface area contributed by atoms with E-state index in [1.54, 1.807) is 7.11 Å². The molecule has 0 radical (unpaired) electrons. The molecule has 0 bridgehead atoms. The van der Waals surface area contributed by atoms with Gasteiger partial charge in [-0.15, -0.1) is 12.4 Å². The molecule has 0 spiro atoms. The van der Waals surface area contributed by atoms with Gasteiger partial charge in [0.25, 0.3) is 0 Å². The van der Waals surface area contributed by atoms with Gasteiger partial charge in [0.1, 0.15) is 0 Å². The molecule has 0 aromatic rings. The van der Waals surface area contributed by atoms with Crippen LogP contribution >= 0.6 is 12.4 Å². The van der Waals surface area contributed by atoms with Crippen LogP contribution in [0.2, 0.25) is 0 Å². The van der Waals surface area contributed by atoms with Crippen LogP contribution in [0, 0.1) is 5.41 Å². The molecule has 0 heterocycles. The monoisotopic (exact) mass is 252 g/mol. The van der Waals surface area contributed by atoms with Crippen molar-refractivity contribution in [2.24, 2.45) is 11.1 Å². The fourth-order valence-corrected chi connectivity index (χ4v) is 1.09. The molecule has 0 aliphatic carbocycles. The van der Waals surface area contributed by atoms with Crippen molar-refractivity contribution in [2.45, 2.75) is 46.2 Å². The highest BCUT2D eigenvalue weighted by Crippen LogP contribution is 2.17. The molecule has 5 heteroatoms. The number of methoxy groups -OCH3 is 1. The van der Waals surface area contributed by atoms with Crippen molar-refractivity contribution in [2.75, 3.05) is 13.7 Å². The zero-order valence-electron chi connectivity index (χ0n) is 10.9. The molecule has 3 N–H and O–H groups in total. The Balaban J connectivity index is 0. The van der Waals surface area contributed by atoms with E-state index in [1.807, 2.05) is 27.7 Å². The van der Waals surface area contributed by atoms with Gasteiger partial charge in [-0.05, 0) is 18.8 Å². The summed E-state index contributed by atoms with van der Waals surface area (Å²) in [5.74, 6) is -0.0916. The van der Waals surface area contributed by atoms with Gasteiger partial charge in [-0.25, -0.2) is 0 Å². The molecule has 2 atom stereocenters. The zero-order valence-corrected chi connectivity index (χ0v) is 11.7. The molecule has 1 unspecified atom stereocenters. The van der Waals surface area contributed by atoms with Crippen molar-refractivity contribution >= 4 is 18.3 Å². The van der Waals surface area contributed by atoms with E-state index in [0.29, 0.717) is 6.61 Å². The third-order valence-electron chi connectivity index (χ3n) is 2.36. The van der Waals surface area contributed by atoms with E-state index in [1.165, 1.54) is 0 Å². The second-order valence-corrected chi connectivity index (χ2v) is 5.03. The van der Waals surface area contributed by atoms with Gasteiger partial charge in [-0.1, -0.05) is 20.8 Å². The van der Waals surface area contributed by atoms with Crippen molar-refractivity contribution in [3.8, 4) is 0 Å². The molecule has 0 fully saturated rings. The van der Waals surface area contributed by atoms with Crippen LogP contribution in [0.4, 0.5) is 0 Å². The summed E-state index contributed by atoms with van der Waals surface area (Å²) >= 11 is 0. The van der Waals surface area contributed by atoms with Gasteiger partial charge in [0.05, 0.1) is 6.04 Å². The van der Waals surface area contributed by atoms with E-state index < -0.39 is 6.04 Å². The molecule has 0 rings (SSSR count). The fraction of sp³-hybridized carbons (Fsp3) is 0.909. The number of nitrogens with one attached hydrogen (secondary N) is 1. The molecule has 0 saturated carbocycles. The van der Waals surface area contributed by atoms with Gasteiger partial charge < -0.3 is 15.8 Å². The number of hydrogen-bond donors (Lipinski definition) is 2. The van der Waals surface area contributed by atoms with Crippen LogP contribution in [0.1, 0.15) is 34.1 Å². The number of rotatable bonds is 5. The van der Waals surface area contributed by atoms with E-state index in [2.05, 4.69) is 5.32 Å². The van der Waals surface area contributed by atoms with E-state index in [9.17, 15) is 4.79 Å². The Morgan fingerprint density at radius 2 is 1.94 bits per heavy atom. The van der Waals surface area contributed by atoms with E-state index in [4.69, 9.17) is 10.5 Å². The summed E-state index contributed by atoms with van der Waals surface area (Å²) < 4.78 is 4.94. The van der Waals surface area contributed by atoms with Gasteiger partial charge in [0.2, 0.25) is 5.91 Å². The second kappa shape index (κ2) is 7.87. The molecule has 0 aromatic heterocycles. The van der Waals surface area contributed by atoms with Gasteiger partial charge in [-0.2, -0.15) is 0 Å². The number of halogens is 1. The second-order valence-electron chi connectivity index (χ2n) is 5.03. The molecule has 98 valence electrons. The number of amides is 1. The number of carbonyl (C=O) groups excluding carboxylic acids is 1. The van der Waals surface area contributed by atoms with Crippen LogP contribution in [-0.4, -0.2) is 31.7 Å². The van der Waals surface area contributed by atoms with Crippen molar-refractivity contribution in [1.29, 1.82) is 0 Å². The van der Waals surface area contributed by atoms with Crippen molar-refractivity contribution in [3.63, 3.8) is 0 Å². The lowest BCUT2D eigenvalue weighted by atomic mass is 9.87. The lowest BCUT2D eigenvalue weighted by Gasteiger charge is -2.27. The van der Waals surface area contributed by atoms with E-state index in [-0.39, 0.29) is 29.8 Å². The Hall–Kier alpha value is -0.320. The lowest BCUT2D eigenvalue weighted by Crippen LogP contribution is -2.50. The summed E-state index contributed by atoms with van der Waals surface area (Å²) in [6.45, 7) is 8.46. The van der Waals surface area contributed by atoms with Crippen molar-refractivity contribution in [3.05, 3.63) is 0 Å². The first-order valence-corrected chi connectivity index (χ1v) is 5.34. The first kappa shape index (κ1) is 18.1. The molecule has 0 aliphatic heterocycles. The molecule has 0 saturated heterocycles. The first-order valence-electron chi connectivity index (χ1n) is 5.34. The summed E-state index contributed by atoms with van der Waals surface area (Å²) in [6.07, 6.45) is 0.805. The minimum absolute atomic E-state index is 0. The van der Waals surface area contributed by atoms with Crippen molar-refractivity contribution < 1.29 is 9.53 Å². The van der Waals surface area contributed by atoms with Gasteiger partial charge in [-0.3, -0.25) is 4.79 Å². The van der Waals surface area contributed by atoms with Crippen LogP contribution in [-0.2, 0) is 9.53 Å². The fourth-order valence-electron chi connectivity index (χ4n) is 1.09. The summed E-state index contributed by atoms with van der Waals surface area (Å²) in [7, 11) is 1.65. The Morgan fingerprint density at radius 1 is 1.44 bits per heavy atom. The number of ether oxygens (including phenoxy) is 1. The third-order valence-corrected chi connectivity index (χ3v) is 2.36. The standard InChI is InChI=1S/C11H24N2O2.ClH/c1-8(6-7-15-5)13-10(14)9(12)11(2,3)4;/h8-9H,6-7,12H2,1-5H3,(H,13,14);1H/t8?,9-;/m1./s1. The molecular weight excluding hydrogens is 228 g/mol. The molecule has 1 amide bonds. The maximum absolute atomic E-state index is 11.7. The van der Waals surface area contributed by atoms with Crippen LogP contribution in [0.3, 0.4) is 0 Å². The average molecular weight is 253 g/mol.